The van der Waals surface area contributed by atoms with E-state index in [1.165, 1.54) is 19.3 Å². The number of carbonyl (C=O) groups is 1. The van der Waals surface area contributed by atoms with Crippen LogP contribution in [0.2, 0.25) is 0 Å². The van der Waals surface area contributed by atoms with E-state index in [2.05, 4.69) is 18.4 Å². The molecule has 0 bridgehead atoms. The molecule has 2 N–H and O–H groups in total. The van der Waals surface area contributed by atoms with Crippen LogP contribution in [-0.4, -0.2) is 32.1 Å². The van der Waals surface area contributed by atoms with Crippen molar-refractivity contribution in [1.82, 2.24) is 5.32 Å². The summed E-state index contributed by atoms with van der Waals surface area (Å²) in [6.07, 6.45) is 5.96. The summed E-state index contributed by atoms with van der Waals surface area (Å²) in [4.78, 5) is 13.8. The normalized spacial score (nSPS) is 16.5. The lowest BCUT2D eigenvalue weighted by Gasteiger charge is -2.26. The number of benzene rings is 2. The summed E-state index contributed by atoms with van der Waals surface area (Å²) in [5.41, 5.74) is 2.24. The van der Waals surface area contributed by atoms with Crippen LogP contribution >= 0.6 is 0 Å². The lowest BCUT2D eigenvalue weighted by molar-refractivity contribution is -0.908. The summed E-state index contributed by atoms with van der Waals surface area (Å²) in [7, 11) is 3.72. The Labute approximate surface area is 180 Å². The number of quaternary nitrogens is 1. The van der Waals surface area contributed by atoms with Gasteiger partial charge in [0.05, 0.1) is 14.2 Å². The van der Waals surface area contributed by atoms with Gasteiger partial charge in [0, 0.05) is 11.6 Å². The van der Waals surface area contributed by atoms with E-state index in [0.717, 1.165) is 46.9 Å². The Balaban J connectivity index is 1.56. The van der Waals surface area contributed by atoms with Gasteiger partial charge in [-0.2, -0.15) is 0 Å². The number of methoxy groups -OCH3 is 1. The second-order valence-electron chi connectivity index (χ2n) is 8.35. The largest absolute Gasteiger partial charge is 0.493 e. The smallest absolute Gasteiger partial charge is 0.278 e. The molecule has 1 fully saturated rings. The SMILES string of the molecule is COc1cc(C[NH+](C)[C@@H](C)C(=O)NC2CCCCC2)ccc1OCc1ccccc1. The van der Waals surface area contributed by atoms with Gasteiger partial charge in [-0.15, -0.1) is 0 Å². The number of amides is 1. The Morgan fingerprint density at radius 2 is 1.80 bits per heavy atom. The highest BCUT2D eigenvalue weighted by atomic mass is 16.5. The Hall–Kier alpha value is -2.53. The molecule has 5 nitrogen and oxygen atoms in total. The predicted octanol–water partition coefficient (Wildman–Crippen LogP) is 3.13. The Morgan fingerprint density at radius 1 is 1.07 bits per heavy atom. The van der Waals surface area contributed by atoms with E-state index in [0.29, 0.717) is 12.6 Å². The van der Waals surface area contributed by atoms with E-state index in [1.54, 1.807) is 7.11 Å². The van der Waals surface area contributed by atoms with Crippen LogP contribution in [0, 0.1) is 0 Å². The number of carbonyl (C=O) groups excluding carboxylic acids is 1. The van der Waals surface area contributed by atoms with Crippen molar-refractivity contribution in [3.05, 3.63) is 59.7 Å². The van der Waals surface area contributed by atoms with Crippen molar-refractivity contribution in [2.24, 2.45) is 0 Å². The van der Waals surface area contributed by atoms with Crippen LogP contribution in [0.1, 0.15) is 50.2 Å². The third-order valence-corrected chi connectivity index (χ3v) is 6.03. The molecule has 0 aliphatic heterocycles. The fourth-order valence-corrected chi connectivity index (χ4v) is 3.95. The summed E-state index contributed by atoms with van der Waals surface area (Å²) < 4.78 is 11.5. The molecule has 30 heavy (non-hydrogen) atoms. The summed E-state index contributed by atoms with van der Waals surface area (Å²) in [6.45, 7) is 3.25. The predicted molar refractivity (Wildman–Crippen MR) is 119 cm³/mol. The zero-order valence-electron chi connectivity index (χ0n) is 18.4. The fourth-order valence-electron chi connectivity index (χ4n) is 3.95. The molecule has 162 valence electrons. The van der Waals surface area contributed by atoms with E-state index >= 15 is 0 Å². The van der Waals surface area contributed by atoms with Gasteiger partial charge in [-0.1, -0.05) is 49.6 Å². The molecule has 1 aliphatic carbocycles. The Morgan fingerprint density at radius 3 is 2.50 bits per heavy atom. The van der Waals surface area contributed by atoms with Crippen LogP contribution in [0.3, 0.4) is 0 Å². The molecule has 2 atom stereocenters. The molecule has 2 aromatic rings. The molecule has 5 heteroatoms. The molecular weight excluding hydrogens is 376 g/mol. The summed E-state index contributed by atoms with van der Waals surface area (Å²) >= 11 is 0. The number of hydrogen-bond acceptors (Lipinski definition) is 3. The quantitative estimate of drug-likeness (QED) is 0.667. The van der Waals surface area contributed by atoms with Crippen molar-refractivity contribution in [3.63, 3.8) is 0 Å². The highest BCUT2D eigenvalue weighted by Crippen LogP contribution is 2.28. The van der Waals surface area contributed by atoms with Gasteiger partial charge in [-0.25, -0.2) is 0 Å². The number of nitrogens with one attached hydrogen (secondary N) is 2. The van der Waals surface area contributed by atoms with Crippen molar-refractivity contribution in [2.75, 3.05) is 14.2 Å². The number of rotatable bonds is 9. The van der Waals surface area contributed by atoms with Crippen LogP contribution in [0.15, 0.2) is 48.5 Å². The maximum absolute atomic E-state index is 12.7. The van der Waals surface area contributed by atoms with Crippen LogP contribution in [0.4, 0.5) is 0 Å². The van der Waals surface area contributed by atoms with Gasteiger partial charge < -0.3 is 19.7 Å². The monoisotopic (exact) mass is 411 g/mol. The average molecular weight is 412 g/mol. The average Bonchev–Trinajstić information content (AvgIpc) is 2.78. The van der Waals surface area contributed by atoms with Gasteiger partial charge in [0.25, 0.3) is 5.91 Å². The maximum atomic E-state index is 12.7. The van der Waals surface area contributed by atoms with E-state index < -0.39 is 0 Å². The van der Waals surface area contributed by atoms with E-state index in [1.807, 2.05) is 49.4 Å². The van der Waals surface area contributed by atoms with Gasteiger partial charge >= 0.3 is 0 Å². The lowest BCUT2D eigenvalue weighted by atomic mass is 9.95. The van der Waals surface area contributed by atoms with Crippen LogP contribution in [0.25, 0.3) is 0 Å². The highest BCUT2D eigenvalue weighted by molar-refractivity contribution is 5.80. The lowest BCUT2D eigenvalue weighted by Crippen LogP contribution is -3.12. The minimum absolute atomic E-state index is 0.105. The van der Waals surface area contributed by atoms with Gasteiger partial charge in [0.2, 0.25) is 0 Å². The van der Waals surface area contributed by atoms with E-state index in [-0.39, 0.29) is 11.9 Å². The third-order valence-electron chi connectivity index (χ3n) is 6.03. The Bertz CT molecular complexity index is 803. The molecule has 1 amide bonds. The third kappa shape index (κ3) is 6.23. The molecule has 1 unspecified atom stereocenters. The van der Waals surface area contributed by atoms with Crippen molar-refractivity contribution in [1.29, 1.82) is 0 Å². The first-order chi connectivity index (χ1) is 14.6. The zero-order valence-corrected chi connectivity index (χ0v) is 18.4. The van der Waals surface area contributed by atoms with Crippen LogP contribution < -0.4 is 19.7 Å². The summed E-state index contributed by atoms with van der Waals surface area (Å²) in [5.74, 6) is 1.59. The van der Waals surface area contributed by atoms with Crippen molar-refractivity contribution < 1.29 is 19.2 Å². The standard InChI is InChI=1S/C25H34N2O3/c1-19(25(28)26-22-12-8-5-9-13-22)27(2)17-21-14-15-23(24(16-21)29-3)30-18-20-10-6-4-7-11-20/h4,6-7,10-11,14-16,19,22H,5,8-9,12-13,17-18H2,1-3H3,(H,26,28)/p+1/t19-/m0/s1. The molecule has 0 saturated heterocycles. The summed E-state index contributed by atoms with van der Waals surface area (Å²) in [6, 6.07) is 16.3. The number of likely N-dealkylation sites (N-methyl/N-ethyl adjacent to an activating group) is 1. The van der Waals surface area contributed by atoms with Gasteiger partial charge in [0.1, 0.15) is 13.2 Å². The summed E-state index contributed by atoms with van der Waals surface area (Å²) in [5, 5.41) is 3.24. The topological polar surface area (TPSA) is 52.0 Å². The number of ether oxygens (including phenoxy) is 2. The molecule has 3 rings (SSSR count). The molecule has 0 spiro atoms. The first-order valence-electron chi connectivity index (χ1n) is 11.0. The van der Waals surface area contributed by atoms with Crippen molar-refractivity contribution >= 4 is 5.91 Å². The zero-order chi connectivity index (χ0) is 21.3. The van der Waals surface area contributed by atoms with E-state index in [4.69, 9.17) is 9.47 Å². The maximum Gasteiger partial charge on any atom is 0.278 e. The second-order valence-corrected chi connectivity index (χ2v) is 8.35. The highest BCUT2D eigenvalue weighted by Gasteiger charge is 2.25. The fraction of sp³-hybridized carbons (Fsp3) is 0.480. The molecule has 2 aromatic carbocycles. The Kier molecular flexibility index (Phi) is 8.14. The van der Waals surface area contributed by atoms with Crippen LogP contribution in [-0.2, 0) is 17.9 Å². The second kappa shape index (κ2) is 11.0. The number of hydrogen-bond donors (Lipinski definition) is 2. The molecule has 1 aliphatic rings. The molecule has 0 aromatic heterocycles. The van der Waals surface area contributed by atoms with Crippen molar-refractivity contribution in [2.45, 2.75) is 64.3 Å². The first-order valence-corrected chi connectivity index (χ1v) is 11.0. The minimum Gasteiger partial charge on any atom is -0.493 e. The van der Waals surface area contributed by atoms with Gasteiger partial charge in [-0.05, 0) is 43.5 Å². The molecule has 0 heterocycles. The molecular formula is C25H35N2O3+. The minimum atomic E-state index is -0.105. The van der Waals surface area contributed by atoms with Crippen LogP contribution in [0.5, 0.6) is 11.5 Å². The van der Waals surface area contributed by atoms with E-state index in [9.17, 15) is 4.79 Å². The first kappa shape index (κ1) is 22.2. The molecule has 0 radical (unpaired) electrons. The molecule has 1 saturated carbocycles. The van der Waals surface area contributed by atoms with Crippen molar-refractivity contribution in [3.8, 4) is 11.5 Å². The van der Waals surface area contributed by atoms with Gasteiger partial charge in [0.15, 0.2) is 17.5 Å². The van der Waals surface area contributed by atoms with Gasteiger partial charge in [-0.3, -0.25) is 4.79 Å².